The molecule has 0 bridgehead atoms. The van der Waals surface area contributed by atoms with Crippen LogP contribution in [0.4, 0.5) is 5.69 Å². The van der Waals surface area contributed by atoms with Crippen LogP contribution < -0.4 is 5.32 Å². The molecule has 0 saturated heterocycles. The maximum atomic E-state index is 11.3. The van der Waals surface area contributed by atoms with Gasteiger partial charge in [0.25, 0.3) is 0 Å². The number of nitrogens with one attached hydrogen (secondary N) is 1. The second-order valence-electron chi connectivity index (χ2n) is 3.73. The molecule has 0 fully saturated rings. The van der Waals surface area contributed by atoms with E-state index in [2.05, 4.69) is 5.32 Å². The molecule has 92 valence electrons. The van der Waals surface area contributed by atoms with Gasteiger partial charge >= 0.3 is 5.97 Å². The predicted molar refractivity (Wildman–Crippen MR) is 70.3 cm³/mol. The Labute approximate surface area is 108 Å². The van der Waals surface area contributed by atoms with E-state index in [0.717, 1.165) is 10.8 Å². The number of carboxylic acid groups (broad SMARTS) is 1. The lowest BCUT2D eigenvalue weighted by Gasteiger charge is -2.09. The van der Waals surface area contributed by atoms with Crippen LogP contribution >= 0.6 is 11.6 Å². The van der Waals surface area contributed by atoms with Crippen LogP contribution in [0.1, 0.15) is 10.4 Å². The molecule has 0 aliphatic carbocycles. The molecule has 0 aliphatic rings. The van der Waals surface area contributed by atoms with Crippen molar-refractivity contribution in [1.29, 1.82) is 0 Å². The highest BCUT2D eigenvalue weighted by molar-refractivity contribution is 6.29. The van der Waals surface area contributed by atoms with E-state index < -0.39 is 11.9 Å². The Kier molecular flexibility index (Phi) is 3.48. The van der Waals surface area contributed by atoms with Gasteiger partial charge in [-0.15, -0.1) is 11.6 Å². The highest BCUT2D eigenvalue weighted by Crippen LogP contribution is 2.24. The molecule has 0 atom stereocenters. The standard InChI is InChI=1S/C13H10ClNO3/c14-7-12(16)15-11-6-9-4-2-1-3-8(9)5-10(11)13(17)18/h1-6H,7H2,(H,15,16)(H,17,18). The van der Waals surface area contributed by atoms with Gasteiger partial charge < -0.3 is 10.4 Å². The van der Waals surface area contributed by atoms with Crippen molar-refractivity contribution in [1.82, 2.24) is 0 Å². The van der Waals surface area contributed by atoms with Gasteiger partial charge in [0.15, 0.2) is 0 Å². The first-order valence-corrected chi connectivity index (χ1v) is 5.77. The Morgan fingerprint density at radius 2 is 1.78 bits per heavy atom. The summed E-state index contributed by atoms with van der Waals surface area (Å²) in [7, 11) is 0. The fourth-order valence-corrected chi connectivity index (χ4v) is 1.77. The Balaban J connectivity index is 2.57. The number of hydrogen-bond acceptors (Lipinski definition) is 2. The zero-order valence-electron chi connectivity index (χ0n) is 9.31. The van der Waals surface area contributed by atoms with Crippen LogP contribution in [-0.2, 0) is 4.79 Å². The lowest BCUT2D eigenvalue weighted by Crippen LogP contribution is -2.15. The third-order valence-corrected chi connectivity index (χ3v) is 2.75. The summed E-state index contributed by atoms with van der Waals surface area (Å²) in [5.74, 6) is -1.74. The number of aromatic carboxylic acids is 1. The van der Waals surface area contributed by atoms with Crippen LogP contribution in [0, 0.1) is 0 Å². The molecule has 5 heteroatoms. The minimum absolute atomic E-state index is 0.0483. The van der Waals surface area contributed by atoms with Crippen molar-refractivity contribution in [3.63, 3.8) is 0 Å². The molecule has 0 heterocycles. The zero-order chi connectivity index (χ0) is 13.1. The number of amides is 1. The lowest BCUT2D eigenvalue weighted by atomic mass is 10.0. The molecule has 2 rings (SSSR count). The average Bonchev–Trinajstić information content (AvgIpc) is 2.37. The maximum Gasteiger partial charge on any atom is 0.337 e. The van der Waals surface area contributed by atoms with E-state index in [1.54, 1.807) is 6.07 Å². The number of benzene rings is 2. The largest absolute Gasteiger partial charge is 0.478 e. The summed E-state index contributed by atoms with van der Waals surface area (Å²) in [6.07, 6.45) is 0. The summed E-state index contributed by atoms with van der Waals surface area (Å²) in [6, 6.07) is 10.5. The number of rotatable bonds is 3. The summed E-state index contributed by atoms with van der Waals surface area (Å²) >= 11 is 5.39. The fraction of sp³-hybridized carbons (Fsp3) is 0.0769. The van der Waals surface area contributed by atoms with Gasteiger partial charge in [-0.05, 0) is 22.9 Å². The van der Waals surface area contributed by atoms with Crippen molar-refractivity contribution in [2.75, 3.05) is 11.2 Å². The topological polar surface area (TPSA) is 66.4 Å². The molecule has 0 aromatic heterocycles. The normalized spacial score (nSPS) is 10.3. The van der Waals surface area contributed by atoms with E-state index in [0.29, 0.717) is 0 Å². The quantitative estimate of drug-likeness (QED) is 0.837. The van der Waals surface area contributed by atoms with Gasteiger partial charge in [0.1, 0.15) is 5.88 Å². The highest BCUT2D eigenvalue weighted by atomic mass is 35.5. The van der Waals surface area contributed by atoms with Crippen LogP contribution in [0.25, 0.3) is 10.8 Å². The molecule has 4 nitrogen and oxygen atoms in total. The van der Waals surface area contributed by atoms with Gasteiger partial charge in [0, 0.05) is 0 Å². The van der Waals surface area contributed by atoms with Crippen molar-refractivity contribution in [2.45, 2.75) is 0 Å². The third-order valence-electron chi connectivity index (χ3n) is 2.51. The van der Waals surface area contributed by atoms with Crippen molar-refractivity contribution in [3.05, 3.63) is 42.0 Å². The molecule has 0 saturated carbocycles. The van der Waals surface area contributed by atoms with E-state index in [1.807, 2.05) is 24.3 Å². The molecule has 2 aromatic rings. The second-order valence-corrected chi connectivity index (χ2v) is 4.00. The summed E-state index contributed by atoms with van der Waals surface area (Å²) in [4.78, 5) is 22.4. The first-order chi connectivity index (χ1) is 8.61. The van der Waals surface area contributed by atoms with E-state index in [4.69, 9.17) is 16.7 Å². The van der Waals surface area contributed by atoms with Crippen molar-refractivity contribution in [2.24, 2.45) is 0 Å². The number of carbonyl (C=O) groups excluding carboxylic acids is 1. The first kappa shape index (κ1) is 12.4. The van der Waals surface area contributed by atoms with Crippen molar-refractivity contribution >= 4 is 39.9 Å². The van der Waals surface area contributed by atoms with E-state index >= 15 is 0 Å². The third kappa shape index (κ3) is 2.43. The van der Waals surface area contributed by atoms with Gasteiger partial charge in [0.05, 0.1) is 11.3 Å². The number of anilines is 1. The summed E-state index contributed by atoms with van der Waals surface area (Å²) < 4.78 is 0. The average molecular weight is 264 g/mol. The number of hydrogen-bond donors (Lipinski definition) is 2. The zero-order valence-corrected chi connectivity index (χ0v) is 10.1. The molecule has 18 heavy (non-hydrogen) atoms. The molecule has 0 unspecified atom stereocenters. The summed E-state index contributed by atoms with van der Waals surface area (Å²) in [6.45, 7) is 0. The van der Waals surface area contributed by atoms with Gasteiger partial charge in [-0.25, -0.2) is 4.79 Å². The molecule has 0 aliphatic heterocycles. The number of halogens is 1. The van der Waals surface area contributed by atoms with Crippen LogP contribution in [0.2, 0.25) is 0 Å². The van der Waals surface area contributed by atoms with Gasteiger partial charge in [-0.1, -0.05) is 24.3 Å². The van der Waals surface area contributed by atoms with Gasteiger partial charge in [-0.2, -0.15) is 0 Å². The maximum absolute atomic E-state index is 11.3. The predicted octanol–water partition coefficient (Wildman–Crippen LogP) is 2.72. The van der Waals surface area contributed by atoms with Crippen molar-refractivity contribution < 1.29 is 14.7 Å². The molecular formula is C13H10ClNO3. The minimum Gasteiger partial charge on any atom is -0.478 e. The minimum atomic E-state index is -1.09. The van der Waals surface area contributed by atoms with Crippen LogP contribution in [0.15, 0.2) is 36.4 Å². The lowest BCUT2D eigenvalue weighted by molar-refractivity contribution is -0.113. The van der Waals surface area contributed by atoms with Crippen LogP contribution in [0.5, 0.6) is 0 Å². The smallest absolute Gasteiger partial charge is 0.337 e. The molecular weight excluding hydrogens is 254 g/mol. The highest BCUT2D eigenvalue weighted by Gasteiger charge is 2.13. The molecule has 0 radical (unpaired) electrons. The first-order valence-electron chi connectivity index (χ1n) is 5.23. The number of carboxylic acids is 1. The fourth-order valence-electron chi connectivity index (χ4n) is 1.70. The SMILES string of the molecule is O=C(CCl)Nc1cc2ccccc2cc1C(=O)O. The summed E-state index contributed by atoms with van der Waals surface area (Å²) in [5, 5.41) is 13.3. The van der Waals surface area contributed by atoms with Crippen molar-refractivity contribution in [3.8, 4) is 0 Å². The van der Waals surface area contributed by atoms with Crippen LogP contribution in [0.3, 0.4) is 0 Å². The Hall–Kier alpha value is -2.07. The molecule has 2 aromatic carbocycles. The monoisotopic (exact) mass is 263 g/mol. The molecule has 2 N–H and O–H groups in total. The Morgan fingerprint density at radius 3 is 2.33 bits per heavy atom. The van der Waals surface area contributed by atoms with Gasteiger partial charge in [-0.3, -0.25) is 4.79 Å². The second kappa shape index (κ2) is 5.06. The molecule has 0 spiro atoms. The summed E-state index contributed by atoms with van der Waals surface area (Å²) in [5.41, 5.74) is 0.305. The molecule has 1 amide bonds. The van der Waals surface area contributed by atoms with E-state index in [-0.39, 0.29) is 17.1 Å². The number of fused-ring (bicyclic) bond motifs is 1. The number of alkyl halides is 1. The van der Waals surface area contributed by atoms with Gasteiger partial charge in [0.2, 0.25) is 5.91 Å². The number of carbonyl (C=O) groups is 2. The Bertz CT molecular complexity index is 625. The Morgan fingerprint density at radius 1 is 1.17 bits per heavy atom. The van der Waals surface area contributed by atoms with E-state index in [1.165, 1.54) is 6.07 Å². The van der Waals surface area contributed by atoms with Crippen LogP contribution in [-0.4, -0.2) is 22.9 Å². The van der Waals surface area contributed by atoms with E-state index in [9.17, 15) is 9.59 Å².